The van der Waals surface area contributed by atoms with Gasteiger partial charge in [0.2, 0.25) is 5.91 Å². The lowest BCUT2D eigenvalue weighted by atomic mass is 9.99. The molecule has 0 unspecified atom stereocenters. The van der Waals surface area contributed by atoms with Crippen molar-refractivity contribution < 1.29 is 4.79 Å². The highest BCUT2D eigenvalue weighted by Crippen LogP contribution is 2.32. The van der Waals surface area contributed by atoms with Crippen molar-refractivity contribution in [3.05, 3.63) is 62.4 Å². The van der Waals surface area contributed by atoms with Crippen molar-refractivity contribution in [3.8, 4) is 0 Å². The molecule has 0 aliphatic carbocycles. The third kappa shape index (κ3) is 4.02. The normalized spacial score (nSPS) is 13.7. The number of benzene rings is 1. The number of halogens is 3. The second-order valence-corrected chi connectivity index (χ2v) is 7.12. The first-order chi connectivity index (χ1) is 11.5. The summed E-state index contributed by atoms with van der Waals surface area (Å²) in [6.07, 6.45) is 4.41. The molecule has 2 heterocycles. The predicted octanol–water partition coefficient (Wildman–Crippen LogP) is 4.95. The Morgan fingerprint density at radius 3 is 2.54 bits per heavy atom. The molecule has 3 nitrogen and oxygen atoms in total. The number of carbonyl (C=O) groups is 1. The van der Waals surface area contributed by atoms with E-state index in [2.05, 4.69) is 4.98 Å². The molecule has 0 atom stereocenters. The van der Waals surface area contributed by atoms with Gasteiger partial charge < -0.3 is 4.90 Å². The van der Waals surface area contributed by atoms with Crippen LogP contribution in [0.4, 0.5) is 0 Å². The summed E-state index contributed by atoms with van der Waals surface area (Å²) in [4.78, 5) is 18.6. The van der Waals surface area contributed by atoms with Crippen molar-refractivity contribution in [1.82, 2.24) is 9.88 Å². The molecular weight excluding hydrogens is 367 g/mol. The Balaban J connectivity index is 1.56. The second kappa shape index (κ2) is 7.73. The summed E-state index contributed by atoms with van der Waals surface area (Å²) < 4.78 is 0. The van der Waals surface area contributed by atoms with Crippen LogP contribution in [0, 0.1) is 0 Å². The number of carbonyl (C=O) groups excluding carboxylic acids is 1. The van der Waals surface area contributed by atoms with Crippen LogP contribution in [0.25, 0.3) is 0 Å². The van der Waals surface area contributed by atoms with Gasteiger partial charge in [0, 0.05) is 41.4 Å². The summed E-state index contributed by atoms with van der Waals surface area (Å²) >= 11 is 18.3. The first-order valence-electron chi connectivity index (χ1n) is 7.88. The standard InChI is InChI=1S/C18H17Cl3N2O/c19-12-4-5-13(22-10-12)2-1-3-18(24)23-9-8-14-15(11-23)17(21)7-6-16(14)20/h4-7,10H,1-3,8-9,11H2. The molecular formula is C18H17Cl3N2O. The number of fused-ring (bicyclic) bond motifs is 1. The van der Waals surface area contributed by atoms with Crippen LogP contribution in [-0.2, 0) is 24.2 Å². The summed E-state index contributed by atoms with van der Waals surface area (Å²) in [6, 6.07) is 7.33. The monoisotopic (exact) mass is 382 g/mol. The molecule has 0 N–H and O–H groups in total. The van der Waals surface area contributed by atoms with E-state index in [4.69, 9.17) is 34.8 Å². The van der Waals surface area contributed by atoms with Gasteiger partial charge in [-0.1, -0.05) is 34.8 Å². The summed E-state index contributed by atoms with van der Waals surface area (Å²) in [7, 11) is 0. The van der Waals surface area contributed by atoms with Gasteiger partial charge in [-0.2, -0.15) is 0 Å². The second-order valence-electron chi connectivity index (χ2n) is 5.87. The highest BCUT2D eigenvalue weighted by atomic mass is 35.5. The van der Waals surface area contributed by atoms with E-state index in [9.17, 15) is 4.79 Å². The molecule has 1 aliphatic rings. The van der Waals surface area contributed by atoms with E-state index in [0.29, 0.717) is 29.6 Å². The molecule has 0 radical (unpaired) electrons. The van der Waals surface area contributed by atoms with E-state index in [1.54, 1.807) is 12.3 Å². The van der Waals surface area contributed by atoms with Crippen molar-refractivity contribution in [2.45, 2.75) is 32.2 Å². The largest absolute Gasteiger partial charge is 0.338 e. The topological polar surface area (TPSA) is 33.2 Å². The molecule has 0 fully saturated rings. The van der Waals surface area contributed by atoms with Crippen molar-refractivity contribution in [1.29, 1.82) is 0 Å². The van der Waals surface area contributed by atoms with Crippen LogP contribution in [0.3, 0.4) is 0 Å². The molecule has 2 aromatic rings. The molecule has 3 rings (SSSR count). The quantitative estimate of drug-likeness (QED) is 0.748. The van der Waals surface area contributed by atoms with E-state index >= 15 is 0 Å². The van der Waals surface area contributed by atoms with Gasteiger partial charge in [-0.25, -0.2) is 0 Å². The third-order valence-electron chi connectivity index (χ3n) is 4.26. The minimum Gasteiger partial charge on any atom is -0.338 e. The van der Waals surface area contributed by atoms with Crippen molar-refractivity contribution >= 4 is 40.7 Å². The zero-order valence-electron chi connectivity index (χ0n) is 13.1. The minimum atomic E-state index is 0.144. The number of pyridine rings is 1. The maximum Gasteiger partial charge on any atom is 0.222 e. The number of hydrogen-bond donors (Lipinski definition) is 0. The number of hydrogen-bond acceptors (Lipinski definition) is 2. The average molecular weight is 384 g/mol. The number of aryl methyl sites for hydroxylation is 1. The van der Waals surface area contributed by atoms with Gasteiger partial charge in [-0.3, -0.25) is 9.78 Å². The van der Waals surface area contributed by atoms with E-state index in [1.165, 1.54) is 0 Å². The van der Waals surface area contributed by atoms with Crippen molar-refractivity contribution in [3.63, 3.8) is 0 Å². The first-order valence-corrected chi connectivity index (χ1v) is 9.02. The van der Waals surface area contributed by atoms with Gasteiger partial charge in [0.1, 0.15) is 0 Å². The van der Waals surface area contributed by atoms with Crippen LogP contribution < -0.4 is 0 Å². The molecule has 126 valence electrons. The third-order valence-corrected chi connectivity index (χ3v) is 5.19. The first kappa shape index (κ1) is 17.5. The number of rotatable bonds is 4. The Labute approximate surface area is 156 Å². The van der Waals surface area contributed by atoms with Gasteiger partial charge >= 0.3 is 0 Å². The maximum atomic E-state index is 12.5. The Kier molecular flexibility index (Phi) is 5.65. The zero-order chi connectivity index (χ0) is 17.1. The molecule has 24 heavy (non-hydrogen) atoms. The van der Waals surface area contributed by atoms with Crippen LogP contribution in [0.15, 0.2) is 30.5 Å². The van der Waals surface area contributed by atoms with Crippen LogP contribution in [-0.4, -0.2) is 22.3 Å². The Morgan fingerprint density at radius 2 is 1.83 bits per heavy atom. The van der Waals surface area contributed by atoms with Gasteiger partial charge in [0.05, 0.1) is 5.02 Å². The highest BCUT2D eigenvalue weighted by Gasteiger charge is 2.23. The van der Waals surface area contributed by atoms with Crippen molar-refractivity contribution in [2.75, 3.05) is 6.54 Å². The fourth-order valence-electron chi connectivity index (χ4n) is 2.94. The van der Waals surface area contributed by atoms with Gasteiger partial charge in [-0.05, 0) is 54.7 Å². The molecule has 1 amide bonds. The number of nitrogens with zero attached hydrogens (tertiary/aromatic N) is 2. The molecule has 1 aliphatic heterocycles. The lowest BCUT2D eigenvalue weighted by molar-refractivity contribution is -0.132. The smallest absolute Gasteiger partial charge is 0.222 e. The Bertz CT molecular complexity index is 747. The molecule has 1 aromatic heterocycles. The molecule has 0 spiro atoms. The van der Waals surface area contributed by atoms with Gasteiger partial charge in [0.15, 0.2) is 0 Å². The Hall–Kier alpha value is -1.29. The maximum absolute atomic E-state index is 12.5. The predicted molar refractivity (Wildman–Crippen MR) is 97.8 cm³/mol. The van der Waals surface area contributed by atoms with E-state index in [0.717, 1.165) is 41.1 Å². The van der Waals surface area contributed by atoms with E-state index in [1.807, 2.05) is 23.1 Å². The number of amides is 1. The fourth-order valence-corrected chi connectivity index (χ4v) is 3.56. The summed E-state index contributed by atoms with van der Waals surface area (Å²) in [5.74, 6) is 0.144. The van der Waals surface area contributed by atoms with Gasteiger partial charge in [-0.15, -0.1) is 0 Å². The summed E-state index contributed by atoms with van der Waals surface area (Å²) in [5, 5.41) is 2.03. The fraction of sp³-hybridized carbons (Fsp3) is 0.333. The molecule has 6 heteroatoms. The number of aromatic nitrogens is 1. The van der Waals surface area contributed by atoms with Crippen LogP contribution >= 0.6 is 34.8 Å². The molecule has 1 aromatic carbocycles. The SMILES string of the molecule is O=C(CCCc1ccc(Cl)cn1)N1CCc2c(Cl)ccc(Cl)c2C1. The highest BCUT2D eigenvalue weighted by molar-refractivity contribution is 6.34. The Morgan fingerprint density at radius 1 is 1.08 bits per heavy atom. The van der Waals surface area contributed by atoms with Crippen LogP contribution in [0.2, 0.25) is 15.1 Å². The summed E-state index contributed by atoms with van der Waals surface area (Å²) in [5.41, 5.74) is 2.99. The zero-order valence-corrected chi connectivity index (χ0v) is 15.3. The lowest BCUT2D eigenvalue weighted by Gasteiger charge is -2.30. The molecule has 0 saturated carbocycles. The molecule has 0 bridgehead atoms. The summed E-state index contributed by atoms with van der Waals surface area (Å²) in [6.45, 7) is 1.22. The van der Waals surface area contributed by atoms with Crippen LogP contribution in [0.1, 0.15) is 29.7 Å². The molecule has 0 saturated heterocycles. The van der Waals surface area contributed by atoms with E-state index in [-0.39, 0.29) is 5.91 Å². The lowest BCUT2D eigenvalue weighted by Crippen LogP contribution is -2.36. The van der Waals surface area contributed by atoms with Crippen molar-refractivity contribution in [2.24, 2.45) is 0 Å². The minimum absolute atomic E-state index is 0.144. The average Bonchev–Trinajstić information content (AvgIpc) is 2.59. The van der Waals surface area contributed by atoms with Gasteiger partial charge in [0.25, 0.3) is 0 Å². The van der Waals surface area contributed by atoms with E-state index < -0.39 is 0 Å². The van der Waals surface area contributed by atoms with Crippen LogP contribution in [0.5, 0.6) is 0 Å².